The maximum absolute atomic E-state index is 11.9. The van der Waals surface area contributed by atoms with Crippen LogP contribution >= 0.6 is 22.9 Å². The fourth-order valence-corrected chi connectivity index (χ4v) is 2.93. The molecule has 0 saturated heterocycles. The number of thiophene rings is 1. The van der Waals surface area contributed by atoms with Crippen molar-refractivity contribution >= 4 is 34.8 Å². The van der Waals surface area contributed by atoms with Crippen molar-refractivity contribution in [1.29, 1.82) is 0 Å². The lowest BCUT2D eigenvalue weighted by Crippen LogP contribution is -2.33. The molecule has 0 aliphatic carbocycles. The summed E-state index contributed by atoms with van der Waals surface area (Å²) in [6, 6.07) is 9.37. The maximum Gasteiger partial charge on any atom is 0.330 e. The summed E-state index contributed by atoms with van der Waals surface area (Å²) < 4.78 is 0. The van der Waals surface area contributed by atoms with E-state index in [2.05, 4.69) is 5.32 Å². The molecule has 2 N–H and O–H groups in total. The topological polar surface area (TPSA) is 66.4 Å². The minimum Gasteiger partial charge on any atom is -0.479 e. The van der Waals surface area contributed by atoms with Gasteiger partial charge in [0.1, 0.15) is 0 Å². The van der Waals surface area contributed by atoms with Crippen molar-refractivity contribution in [2.24, 2.45) is 0 Å². The Hall–Kier alpha value is -1.85. The molecule has 22 heavy (non-hydrogen) atoms. The van der Waals surface area contributed by atoms with Crippen LogP contribution < -0.4 is 5.32 Å². The molecule has 1 amide bonds. The number of hydrogen-bond acceptors (Lipinski definition) is 3. The lowest BCUT2D eigenvalue weighted by Gasteiger charge is -2.15. The number of carbonyl (C=O) groups is 2. The first-order chi connectivity index (χ1) is 10.6. The van der Waals surface area contributed by atoms with Crippen LogP contribution in [0.1, 0.15) is 29.3 Å². The van der Waals surface area contributed by atoms with Gasteiger partial charge in [0, 0.05) is 16.3 Å². The van der Waals surface area contributed by atoms with Crippen molar-refractivity contribution in [3.05, 3.63) is 57.2 Å². The number of aryl methyl sites for hydroxylation is 1. The summed E-state index contributed by atoms with van der Waals surface area (Å²) in [5.74, 6) is -1.35. The SMILES string of the molecule is O=C(CCCc1cccs1)NC(C(=O)O)c1ccc(Cl)cc1. The Morgan fingerprint density at radius 2 is 1.95 bits per heavy atom. The molecule has 2 rings (SSSR count). The van der Waals surface area contributed by atoms with Gasteiger partial charge in [-0.25, -0.2) is 4.79 Å². The Balaban J connectivity index is 1.88. The van der Waals surface area contributed by atoms with E-state index in [9.17, 15) is 14.7 Å². The predicted octanol–water partition coefficient (Wildman–Crippen LogP) is 3.67. The van der Waals surface area contributed by atoms with Gasteiger partial charge in [0.05, 0.1) is 0 Å². The van der Waals surface area contributed by atoms with Gasteiger partial charge in [0.15, 0.2) is 6.04 Å². The van der Waals surface area contributed by atoms with Gasteiger partial charge in [-0.2, -0.15) is 0 Å². The number of hydrogen-bond donors (Lipinski definition) is 2. The molecule has 1 aromatic carbocycles. The van der Waals surface area contributed by atoms with Crippen molar-refractivity contribution in [2.45, 2.75) is 25.3 Å². The van der Waals surface area contributed by atoms with Gasteiger partial charge in [-0.3, -0.25) is 4.79 Å². The molecule has 0 aliphatic heterocycles. The molecule has 1 atom stereocenters. The van der Waals surface area contributed by atoms with E-state index >= 15 is 0 Å². The lowest BCUT2D eigenvalue weighted by atomic mass is 10.1. The van der Waals surface area contributed by atoms with Crippen LogP contribution in [0.4, 0.5) is 0 Å². The number of amides is 1. The average molecular weight is 338 g/mol. The third-order valence-electron chi connectivity index (χ3n) is 3.16. The van der Waals surface area contributed by atoms with E-state index in [1.807, 2.05) is 17.5 Å². The minimum atomic E-state index is -1.09. The summed E-state index contributed by atoms with van der Waals surface area (Å²) in [4.78, 5) is 24.5. The van der Waals surface area contributed by atoms with E-state index in [-0.39, 0.29) is 5.91 Å². The van der Waals surface area contributed by atoms with Crippen molar-refractivity contribution in [2.75, 3.05) is 0 Å². The fourth-order valence-electron chi connectivity index (χ4n) is 2.05. The summed E-state index contributed by atoms with van der Waals surface area (Å²) in [6.07, 6.45) is 1.82. The molecule has 0 spiro atoms. The second-order valence-corrected chi connectivity index (χ2v) is 6.29. The highest BCUT2D eigenvalue weighted by Crippen LogP contribution is 2.17. The molecule has 0 fully saturated rings. The Kier molecular flexibility index (Phi) is 5.98. The minimum absolute atomic E-state index is 0.265. The zero-order chi connectivity index (χ0) is 15.9. The van der Waals surface area contributed by atoms with Gasteiger partial charge in [-0.1, -0.05) is 29.8 Å². The Morgan fingerprint density at radius 1 is 1.23 bits per heavy atom. The molecule has 0 radical (unpaired) electrons. The van der Waals surface area contributed by atoms with Gasteiger partial charge < -0.3 is 10.4 Å². The van der Waals surface area contributed by atoms with Gasteiger partial charge in [-0.05, 0) is 42.0 Å². The summed E-state index contributed by atoms with van der Waals surface area (Å²) in [6.45, 7) is 0. The van der Waals surface area contributed by atoms with Crippen molar-refractivity contribution in [3.8, 4) is 0 Å². The Labute approximate surface area is 137 Å². The molecule has 1 heterocycles. The molecule has 1 unspecified atom stereocenters. The van der Waals surface area contributed by atoms with E-state index < -0.39 is 12.0 Å². The van der Waals surface area contributed by atoms with Crippen LogP contribution in [0.5, 0.6) is 0 Å². The standard InChI is InChI=1S/C16H16ClNO3S/c17-12-8-6-11(7-9-12)15(16(20)21)18-14(19)5-1-3-13-4-2-10-22-13/h2,4,6-10,15H,1,3,5H2,(H,18,19)(H,20,21). The van der Waals surface area contributed by atoms with Crippen LogP contribution in [0.15, 0.2) is 41.8 Å². The molecule has 0 saturated carbocycles. The number of carbonyl (C=O) groups excluding carboxylic acids is 1. The second kappa shape index (κ2) is 7.96. The molecular weight excluding hydrogens is 322 g/mol. The van der Waals surface area contributed by atoms with E-state index in [4.69, 9.17) is 11.6 Å². The summed E-state index contributed by atoms with van der Waals surface area (Å²) in [7, 11) is 0. The third kappa shape index (κ3) is 4.86. The van der Waals surface area contributed by atoms with E-state index in [0.29, 0.717) is 23.4 Å². The fraction of sp³-hybridized carbons (Fsp3) is 0.250. The van der Waals surface area contributed by atoms with E-state index in [1.165, 1.54) is 4.88 Å². The number of carboxylic acids is 1. The molecule has 1 aromatic heterocycles. The summed E-state index contributed by atoms with van der Waals surface area (Å²) in [5.41, 5.74) is 0.503. The highest BCUT2D eigenvalue weighted by Gasteiger charge is 2.21. The maximum atomic E-state index is 11.9. The van der Waals surface area contributed by atoms with Crippen LogP contribution in [0.3, 0.4) is 0 Å². The smallest absolute Gasteiger partial charge is 0.330 e. The number of halogens is 1. The molecule has 4 nitrogen and oxygen atoms in total. The third-order valence-corrected chi connectivity index (χ3v) is 4.35. The van der Waals surface area contributed by atoms with Gasteiger partial charge >= 0.3 is 5.97 Å². The molecule has 0 aliphatic rings. The van der Waals surface area contributed by atoms with Crippen LogP contribution in [-0.2, 0) is 16.0 Å². The lowest BCUT2D eigenvalue weighted by molar-refractivity contribution is -0.142. The number of benzene rings is 1. The van der Waals surface area contributed by atoms with Crippen LogP contribution in [-0.4, -0.2) is 17.0 Å². The van der Waals surface area contributed by atoms with Crippen molar-refractivity contribution in [1.82, 2.24) is 5.32 Å². The normalized spacial score (nSPS) is 11.9. The Bertz CT molecular complexity index is 625. The van der Waals surface area contributed by atoms with Crippen LogP contribution in [0.25, 0.3) is 0 Å². The van der Waals surface area contributed by atoms with Crippen LogP contribution in [0, 0.1) is 0 Å². The zero-order valence-corrected chi connectivity index (χ0v) is 13.4. The number of rotatable bonds is 7. The first-order valence-electron chi connectivity index (χ1n) is 6.86. The highest BCUT2D eigenvalue weighted by atomic mass is 35.5. The highest BCUT2D eigenvalue weighted by molar-refractivity contribution is 7.09. The average Bonchev–Trinajstić information content (AvgIpc) is 2.99. The summed E-state index contributed by atoms with van der Waals surface area (Å²) >= 11 is 7.44. The number of carboxylic acid groups (broad SMARTS) is 1. The Morgan fingerprint density at radius 3 is 2.55 bits per heavy atom. The van der Waals surface area contributed by atoms with Crippen molar-refractivity contribution in [3.63, 3.8) is 0 Å². The molecule has 0 bridgehead atoms. The second-order valence-electron chi connectivity index (χ2n) is 4.82. The largest absolute Gasteiger partial charge is 0.479 e. The first-order valence-corrected chi connectivity index (χ1v) is 8.12. The number of aliphatic carboxylic acids is 1. The van der Waals surface area contributed by atoms with E-state index in [0.717, 1.165) is 6.42 Å². The molecular formula is C16H16ClNO3S. The molecule has 6 heteroatoms. The quantitative estimate of drug-likeness (QED) is 0.810. The molecule has 2 aromatic rings. The first kappa shape index (κ1) is 16.5. The van der Waals surface area contributed by atoms with Gasteiger partial charge in [0.25, 0.3) is 0 Å². The monoisotopic (exact) mass is 337 g/mol. The zero-order valence-electron chi connectivity index (χ0n) is 11.8. The van der Waals surface area contributed by atoms with E-state index in [1.54, 1.807) is 35.6 Å². The number of nitrogens with one attached hydrogen (secondary N) is 1. The van der Waals surface area contributed by atoms with Gasteiger partial charge in [0.2, 0.25) is 5.91 Å². The predicted molar refractivity (Wildman–Crippen MR) is 87.2 cm³/mol. The summed E-state index contributed by atoms with van der Waals surface area (Å²) in [5, 5.41) is 14.3. The molecule has 116 valence electrons. The van der Waals surface area contributed by atoms with Crippen molar-refractivity contribution < 1.29 is 14.7 Å². The van der Waals surface area contributed by atoms with Gasteiger partial charge in [-0.15, -0.1) is 11.3 Å². The van der Waals surface area contributed by atoms with Crippen LogP contribution in [0.2, 0.25) is 5.02 Å².